The van der Waals surface area contributed by atoms with E-state index >= 15 is 0 Å². The molecule has 20 heavy (non-hydrogen) atoms. The number of rotatable bonds is 0. The van der Waals surface area contributed by atoms with Crippen molar-refractivity contribution in [3.05, 3.63) is 22.8 Å². The lowest BCUT2D eigenvalue weighted by molar-refractivity contribution is -0.116. The maximum absolute atomic E-state index is 11.8. The molecule has 0 radical (unpaired) electrons. The molecule has 0 bridgehead atoms. The van der Waals surface area contributed by atoms with Crippen LogP contribution in [-0.2, 0) is 4.79 Å². The van der Waals surface area contributed by atoms with Crippen molar-refractivity contribution in [1.29, 1.82) is 0 Å². The number of hydrogen-bond acceptors (Lipinski definition) is 1. The average Bonchev–Trinajstić information content (AvgIpc) is 2.82. The second-order valence-corrected chi connectivity index (χ2v) is 7.85. The Kier molecular flexibility index (Phi) is 2.78. The van der Waals surface area contributed by atoms with Crippen molar-refractivity contribution in [3.63, 3.8) is 0 Å². The van der Waals surface area contributed by atoms with Gasteiger partial charge in [0.15, 0.2) is 5.78 Å². The summed E-state index contributed by atoms with van der Waals surface area (Å²) in [4.78, 5) is 11.8. The minimum Gasteiger partial charge on any atom is -0.295 e. The summed E-state index contributed by atoms with van der Waals surface area (Å²) in [6, 6.07) is 0. The molecule has 0 unspecified atom stereocenters. The molecular formula is C19H26O. The first-order chi connectivity index (χ1) is 9.59. The van der Waals surface area contributed by atoms with Gasteiger partial charge in [0.25, 0.3) is 0 Å². The van der Waals surface area contributed by atoms with Crippen molar-refractivity contribution in [2.24, 2.45) is 23.2 Å². The Morgan fingerprint density at radius 1 is 1.10 bits per heavy atom. The van der Waals surface area contributed by atoms with E-state index in [2.05, 4.69) is 13.8 Å². The van der Waals surface area contributed by atoms with Gasteiger partial charge in [0.2, 0.25) is 0 Å². The van der Waals surface area contributed by atoms with Crippen molar-refractivity contribution in [1.82, 2.24) is 0 Å². The smallest absolute Gasteiger partial charge is 0.155 e. The fourth-order valence-electron chi connectivity index (χ4n) is 5.97. The van der Waals surface area contributed by atoms with E-state index in [1.54, 1.807) is 5.57 Å². The quantitative estimate of drug-likeness (QED) is 0.576. The van der Waals surface area contributed by atoms with Gasteiger partial charge in [-0.3, -0.25) is 4.79 Å². The van der Waals surface area contributed by atoms with E-state index in [0.29, 0.717) is 11.2 Å². The first-order valence-electron chi connectivity index (χ1n) is 8.52. The fraction of sp³-hybridized carbons (Fsp3) is 0.737. The van der Waals surface area contributed by atoms with Crippen LogP contribution in [0.1, 0.15) is 65.2 Å². The zero-order chi connectivity index (χ0) is 13.9. The van der Waals surface area contributed by atoms with Crippen molar-refractivity contribution in [2.75, 3.05) is 0 Å². The minimum absolute atomic E-state index is 0.346. The van der Waals surface area contributed by atoms with E-state index in [1.165, 1.54) is 44.1 Å². The molecule has 0 spiro atoms. The van der Waals surface area contributed by atoms with Crippen molar-refractivity contribution in [2.45, 2.75) is 65.2 Å². The van der Waals surface area contributed by atoms with Gasteiger partial charge >= 0.3 is 0 Å². The van der Waals surface area contributed by atoms with Gasteiger partial charge in [-0.2, -0.15) is 0 Å². The largest absolute Gasteiger partial charge is 0.295 e. The predicted molar refractivity (Wildman–Crippen MR) is 81.3 cm³/mol. The highest BCUT2D eigenvalue weighted by atomic mass is 16.1. The molecule has 4 aliphatic carbocycles. The Balaban J connectivity index is 1.70. The Hall–Kier alpha value is -0.850. The molecule has 0 aliphatic heterocycles. The minimum atomic E-state index is 0.346. The van der Waals surface area contributed by atoms with Crippen LogP contribution in [0.2, 0.25) is 0 Å². The van der Waals surface area contributed by atoms with Gasteiger partial charge in [0.1, 0.15) is 0 Å². The third kappa shape index (κ3) is 1.64. The lowest BCUT2D eigenvalue weighted by Gasteiger charge is -2.54. The topological polar surface area (TPSA) is 17.1 Å². The molecule has 1 nitrogen and oxygen atoms in total. The molecule has 4 atom stereocenters. The Bertz CT molecular complexity index is 524. The highest BCUT2D eigenvalue weighted by molar-refractivity contribution is 5.91. The van der Waals surface area contributed by atoms with Crippen molar-refractivity contribution >= 4 is 5.78 Å². The van der Waals surface area contributed by atoms with Gasteiger partial charge < -0.3 is 0 Å². The second kappa shape index (κ2) is 4.32. The van der Waals surface area contributed by atoms with Crippen LogP contribution in [0.3, 0.4) is 0 Å². The molecule has 4 rings (SSSR count). The summed E-state index contributed by atoms with van der Waals surface area (Å²) >= 11 is 0. The van der Waals surface area contributed by atoms with Gasteiger partial charge in [0, 0.05) is 6.42 Å². The van der Waals surface area contributed by atoms with Crippen molar-refractivity contribution in [3.8, 4) is 0 Å². The highest BCUT2D eigenvalue weighted by Crippen LogP contribution is 2.61. The summed E-state index contributed by atoms with van der Waals surface area (Å²) in [6.07, 6.45) is 11.9. The van der Waals surface area contributed by atoms with E-state index in [4.69, 9.17) is 0 Å². The van der Waals surface area contributed by atoms with Crippen LogP contribution in [-0.4, -0.2) is 5.78 Å². The Morgan fingerprint density at radius 3 is 2.80 bits per heavy atom. The summed E-state index contributed by atoms with van der Waals surface area (Å²) in [5.74, 6) is 3.02. The number of fused-ring (bicyclic) bond motifs is 5. The van der Waals surface area contributed by atoms with E-state index in [0.717, 1.165) is 30.6 Å². The maximum atomic E-state index is 11.8. The number of carbonyl (C=O) groups is 1. The molecule has 4 aliphatic rings. The third-order valence-corrected chi connectivity index (χ3v) is 7.11. The van der Waals surface area contributed by atoms with Gasteiger partial charge in [-0.05, 0) is 81.1 Å². The average molecular weight is 270 g/mol. The van der Waals surface area contributed by atoms with E-state index in [-0.39, 0.29) is 0 Å². The molecule has 0 aromatic carbocycles. The maximum Gasteiger partial charge on any atom is 0.155 e. The molecule has 0 aromatic heterocycles. The monoisotopic (exact) mass is 270 g/mol. The van der Waals surface area contributed by atoms with Gasteiger partial charge in [0.05, 0.1) is 0 Å². The lowest BCUT2D eigenvalue weighted by atomic mass is 9.50. The molecule has 0 N–H and O–H groups in total. The summed E-state index contributed by atoms with van der Waals surface area (Å²) in [6.45, 7) is 4.84. The van der Waals surface area contributed by atoms with Crippen LogP contribution < -0.4 is 0 Å². The van der Waals surface area contributed by atoms with Gasteiger partial charge in [-0.25, -0.2) is 0 Å². The molecule has 2 saturated carbocycles. The van der Waals surface area contributed by atoms with E-state index < -0.39 is 0 Å². The third-order valence-electron chi connectivity index (χ3n) is 7.11. The van der Waals surface area contributed by atoms with Gasteiger partial charge in [-0.15, -0.1) is 0 Å². The first-order valence-corrected chi connectivity index (χ1v) is 8.52. The molecule has 0 aromatic rings. The number of ketones is 1. The first kappa shape index (κ1) is 12.9. The number of allylic oxidation sites excluding steroid dienone is 4. The molecule has 0 amide bonds. The molecule has 108 valence electrons. The lowest BCUT2D eigenvalue weighted by Crippen LogP contribution is -2.45. The normalized spacial score (nSPS) is 43.8. The summed E-state index contributed by atoms with van der Waals surface area (Å²) in [7, 11) is 0. The summed E-state index contributed by atoms with van der Waals surface area (Å²) in [5, 5.41) is 0. The molecule has 0 heterocycles. The SMILES string of the molecule is CC1=C2CC[C@H]3[C@@H](CCC4=CC(=O)CC[C@]43C)[C@@H]2CC1. The predicted octanol–water partition coefficient (Wildman–Crippen LogP) is 4.83. The highest BCUT2D eigenvalue weighted by Gasteiger charge is 2.51. The number of carbonyl (C=O) groups excluding carboxylic acids is 1. The summed E-state index contributed by atoms with van der Waals surface area (Å²) < 4.78 is 0. The number of hydrogen-bond donors (Lipinski definition) is 0. The van der Waals surface area contributed by atoms with E-state index in [9.17, 15) is 4.79 Å². The molecular weight excluding hydrogens is 244 g/mol. The van der Waals surface area contributed by atoms with Crippen LogP contribution in [0, 0.1) is 23.2 Å². The van der Waals surface area contributed by atoms with Crippen LogP contribution >= 0.6 is 0 Å². The van der Waals surface area contributed by atoms with E-state index in [1.807, 2.05) is 11.6 Å². The van der Waals surface area contributed by atoms with Crippen LogP contribution in [0.15, 0.2) is 22.8 Å². The standard InChI is InChI=1S/C19H26O/c1-12-3-5-16-15(12)7-8-18-17(16)6-4-13-11-14(20)9-10-19(13,18)2/h11,16-18H,3-10H2,1-2H3/t16-,17+,18+,19-/m1/s1. The van der Waals surface area contributed by atoms with Gasteiger partial charge in [-0.1, -0.05) is 23.6 Å². The van der Waals surface area contributed by atoms with Crippen molar-refractivity contribution < 1.29 is 4.79 Å². The molecule has 1 heteroatoms. The van der Waals surface area contributed by atoms with Crippen LogP contribution in [0.5, 0.6) is 0 Å². The Morgan fingerprint density at radius 2 is 1.95 bits per heavy atom. The van der Waals surface area contributed by atoms with Crippen LogP contribution in [0.25, 0.3) is 0 Å². The second-order valence-electron chi connectivity index (χ2n) is 7.85. The summed E-state index contributed by atoms with van der Waals surface area (Å²) in [5.41, 5.74) is 5.38. The molecule has 0 saturated heterocycles. The Labute approximate surface area is 122 Å². The van der Waals surface area contributed by atoms with Crippen LogP contribution in [0.4, 0.5) is 0 Å². The fourth-order valence-corrected chi connectivity index (χ4v) is 5.97. The zero-order valence-electron chi connectivity index (χ0n) is 12.9. The zero-order valence-corrected chi connectivity index (χ0v) is 12.9. The molecule has 2 fully saturated rings.